The lowest BCUT2D eigenvalue weighted by Crippen LogP contribution is -2.27. The third-order valence-electron chi connectivity index (χ3n) is 5.81. The quantitative estimate of drug-likeness (QED) is 0.431. The summed E-state index contributed by atoms with van der Waals surface area (Å²) in [6, 6.07) is 25.6. The van der Waals surface area contributed by atoms with Crippen LogP contribution in [-0.2, 0) is 17.9 Å². The number of hydrogen-bond donors (Lipinski definition) is 1. The first kappa shape index (κ1) is 22.0. The highest BCUT2D eigenvalue weighted by molar-refractivity contribution is 8.00. The van der Waals surface area contributed by atoms with Gasteiger partial charge in [0.05, 0.1) is 12.1 Å². The fourth-order valence-corrected chi connectivity index (χ4v) is 5.15. The van der Waals surface area contributed by atoms with E-state index in [4.69, 9.17) is 0 Å². The normalized spacial score (nSPS) is 15.5. The van der Waals surface area contributed by atoms with Crippen molar-refractivity contribution in [3.8, 4) is 5.69 Å². The minimum atomic E-state index is -0.124. The van der Waals surface area contributed by atoms with Crippen molar-refractivity contribution in [2.75, 3.05) is 5.75 Å². The van der Waals surface area contributed by atoms with E-state index < -0.39 is 0 Å². The summed E-state index contributed by atoms with van der Waals surface area (Å²) in [6.07, 6.45) is 5.38. The van der Waals surface area contributed by atoms with Crippen molar-refractivity contribution in [1.29, 1.82) is 0 Å². The Hall–Kier alpha value is -3.84. The molecule has 34 heavy (non-hydrogen) atoms. The Morgan fingerprint density at radius 2 is 1.74 bits per heavy atom. The highest BCUT2D eigenvalue weighted by atomic mass is 32.2. The van der Waals surface area contributed by atoms with Gasteiger partial charge < -0.3 is 14.8 Å². The number of hydrogen-bond acceptors (Lipinski definition) is 4. The van der Waals surface area contributed by atoms with Crippen molar-refractivity contribution in [2.24, 2.45) is 0 Å². The number of rotatable bonds is 7. The Labute approximate surface area is 202 Å². The van der Waals surface area contributed by atoms with Crippen LogP contribution < -0.4 is 5.32 Å². The lowest BCUT2D eigenvalue weighted by molar-refractivity contribution is -0.128. The average molecular weight is 469 g/mol. The van der Waals surface area contributed by atoms with Crippen LogP contribution in [0.25, 0.3) is 5.69 Å². The first-order chi connectivity index (χ1) is 16.7. The third-order valence-corrected chi connectivity index (χ3v) is 7.07. The van der Waals surface area contributed by atoms with Gasteiger partial charge in [0.2, 0.25) is 5.91 Å². The second-order valence-electron chi connectivity index (χ2n) is 8.11. The molecule has 170 valence electrons. The van der Waals surface area contributed by atoms with Crippen LogP contribution in [0.3, 0.4) is 0 Å². The minimum Gasteiger partial charge on any atom is -0.348 e. The number of carbonyl (C=O) groups is 2. The number of aromatic nitrogens is 2. The lowest BCUT2D eigenvalue weighted by atomic mass is 10.1. The highest BCUT2D eigenvalue weighted by Gasteiger charge is 2.32. The molecule has 4 aromatic rings. The molecule has 7 heteroatoms. The fraction of sp³-hybridized carbons (Fsp3) is 0.148. The molecule has 2 heterocycles. The Balaban J connectivity index is 1.20. The average Bonchev–Trinajstić information content (AvgIpc) is 3.54. The number of thioether (sulfide) groups is 1. The van der Waals surface area contributed by atoms with Crippen LogP contribution in [0, 0.1) is 0 Å². The first-order valence-corrected chi connectivity index (χ1v) is 12.1. The molecular weight excluding hydrogens is 444 g/mol. The van der Waals surface area contributed by atoms with Gasteiger partial charge in [-0.25, -0.2) is 4.98 Å². The largest absolute Gasteiger partial charge is 0.348 e. The maximum atomic E-state index is 12.7. The van der Waals surface area contributed by atoms with E-state index in [-0.39, 0.29) is 17.2 Å². The van der Waals surface area contributed by atoms with Crippen LogP contribution in [0.2, 0.25) is 0 Å². The standard InChI is InChI=1S/C27H24N4O2S/c32-25-18-34-27(31(25)17-21-4-2-1-3-5-21)23-10-8-22(9-11-23)26(33)29-16-20-6-12-24(13-7-20)30-15-14-28-19-30/h1-15,19,27H,16-18H2,(H,29,33). The van der Waals surface area contributed by atoms with Gasteiger partial charge >= 0.3 is 0 Å². The van der Waals surface area contributed by atoms with E-state index in [2.05, 4.69) is 10.3 Å². The molecule has 0 spiro atoms. The molecule has 0 bridgehead atoms. The van der Waals surface area contributed by atoms with Crippen LogP contribution in [0.1, 0.15) is 32.4 Å². The van der Waals surface area contributed by atoms with E-state index in [1.165, 1.54) is 0 Å². The molecule has 1 N–H and O–H groups in total. The molecule has 2 amide bonds. The molecular formula is C27H24N4O2S. The number of imidazole rings is 1. The van der Waals surface area contributed by atoms with E-state index in [0.717, 1.165) is 22.4 Å². The van der Waals surface area contributed by atoms with E-state index in [1.54, 1.807) is 24.3 Å². The molecule has 1 aliphatic heterocycles. The third kappa shape index (κ3) is 4.89. The molecule has 5 rings (SSSR count). The fourth-order valence-electron chi connectivity index (χ4n) is 3.96. The Kier molecular flexibility index (Phi) is 6.44. The maximum Gasteiger partial charge on any atom is 0.251 e. The van der Waals surface area contributed by atoms with Gasteiger partial charge in [-0.3, -0.25) is 9.59 Å². The second kappa shape index (κ2) is 9.97. The number of nitrogens with one attached hydrogen (secondary N) is 1. The van der Waals surface area contributed by atoms with Crippen LogP contribution >= 0.6 is 11.8 Å². The van der Waals surface area contributed by atoms with Gasteiger partial charge in [-0.05, 0) is 41.0 Å². The van der Waals surface area contributed by atoms with Crippen LogP contribution in [-0.4, -0.2) is 32.0 Å². The topological polar surface area (TPSA) is 67.2 Å². The Bertz CT molecular complexity index is 1260. The molecule has 0 radical (unpaired) electrons. The highest BCUT2D eigenvalue weighted by Crippen LogP contribution is 2.39. The molecule has 0 aliphatic carbocycles. The van der Waals surface area contributed by atoms with Gasteiger partial charge in [-0.15, -0.1) is 11.8 Å². The van der Waals surface area contributed by atoms with E-state index in [0.29, 0.717) is 24.4 Å². The zero-order valence-corrected chi connectivity index (χ0v) is 19.3. The monoisotopic (exact) mass is 468 g/mol. The van der Waals surface area contributed by atoms with Gasteiger partial charge in [-0.2, -0.15) is 0 Å². The van der Waals surface area contributed by atoms with Crippen molar-refractivity contribution >= 4 is 23.6 Å². The summed E-state index contributed by atoms with van der Waals surface area (Å²) >= 11 is 1.62. The van der Waals surface area contributed by atoms with Gasteiger partial charge in [-0.1, -0.05) is 54.6 Å². The molecule has 0 saturated carbocycles. The van der Waals surface area contributed by atoms with Gasteiger partial charge in [0, 0.05) is 36.7 Å². The molecule has 1 unspecified atom stereocenters. The summed E-state index contributed by atoms with van der Waals surface area (Å²) in [4.78, 5) is 31.1. The van der Waals surface area contributed by atoms with Crippen LogP contribution in [0.5, 0.6) is 0 Å². The van der Waals surface area contributed by atoms with Crippen molar-refractivity contribution in [3.05, 3.63) is 120 Å². The van der Waals surface area contributed by atoms with Crippen molar-refractivity contribution in [3.63, 3.8) is 0 Å². The zero-order valence-electron chi connectivity index (χ0n) is 18.5. The predicted molar refractivity (Wildman–Crippen MR) is 133 cm³/mol. The molecule has 6 nitrogen and oxygen atoms in total. The lowest BCUT2D eigenvalue weighted by Gasteiger charge is -2.24. The van der Waals surface area contributed by atoms with Crippen molar-refractivity contribution in [2.45, 2.75) is 18.5 Å². The number of amides is 2. The summed E-state index contributed by atoms with van der Waals surface area (Å²) in [5, 5.41) is 2.94. The second-order valence-corrected chi connectivity index (χ2v) is 9.18. The van der Waals surface area contributed by atoms with Crippen molar-refractivity contribution in [1.82, 2.24) is 19.8 Å². The van der Waals surface area contributed by atoms with E-state index in [1.807, 2.05) is 94.5 Å². The summed E-state index contributed by atoms with van der Waals surface area (Å²) in [6.45, 7) is 1.03. The van der Waals surface area contributed by atoms with Crippen LogP contribution in [0.4, 0.5) is 0 Å². The minimum absolute atomic E-state index is 0.0428. The van der Waals surface area contributed by atoms with Crippen molar-refractivity contribution < 1.29 is 9.59 Å². The SMILES string of the molecule is O=C(NCc1ccc(-n2ccnc2)cc1)c1ccc(C2SCC(=O)N2Cc2ccccc2)cc1. The van der Waals surface area contributed by atoms with Gasteiger partial charge in [0.1, 0.15) is 5.37 Å². The smallest absolute Gasteiger partial charge is 0.251 e. The Morgan fingerprint density at radius 3 is 2.44 bits per heavy atom. The van der Waals surface area contributed by atoms with Gasteiger partial charge in [0.25, 0.3) is 5.91 Å². The molecule has 1 aliphatic rings. The summed E-state index contributed by atoms with van der Waals surface area (Å²) < 4.78 is 1.93. The molecule has 3 aromatic carbocycles. The zero-order chi connectivity index (χ0) is 23.3. The van der Waals surface area contributed by atoms with E-state index in [9.17, 15) is 9.59 Å². The molecule has 1 fully saturated rings. The van der Waals surface area contributed by atoms with Crippen LogP contribution in [0.15, 0.2) is 97.6 Å². The summed E-state index contributed by atoms with van der Waals surface area (Å²) in [5.41, 5.74) is 4.78. The van der Waals surface area contributed by atoms with Gasteiger partial charge in [0.15, 0.2) is 0 Å². The molecule has 1 atom stereocenters. The molecule has 1 saturated heterocycles. The molecule has 1 aromatic heterocycles. The number of carbonyl (C=O) groups excluding carboxylic acids is 2. The number of nitrogens with zero attached hydrogens (tertiary/aromatic N) is 3. The van der Waals surface area contributed by atoms with E-state index >= 15 is 0 Å². The number of benzene rings is 3. The maximum absolute atomic E-state index is 12.7. The Morgan fingerprint density at radius 1 is 0.971 bits per heavy atom. The summed E-state index contributed by atoms with van der Waals surface area (Å²) in [7, 11) is 0. The summed E-state index contributed by atoms with van der Waals surface area (Å²) in [5.74, 6) is 0.487. The predicted octanol–water partition coefficient (Wildman–Crippen LogP) is 4.58. The first-order valence-electron chi connectivity index (χ1n) is 11.1.